The maximum absolute atomic E-state index is 13.0. The molecule has 2 atom stereocenters. The second kappa shape index (κ2) is 8.04. The molecule has 0 saturated heterocycles. The number of halogens is 1. The van der Waals surface area contributed by atoms with Crippen LogP contribution < -0.4 is 14.8 Å². The largest absolute Gasteiger partial charge is 0.487 e. The van der Waals surface area contributed by atoms with Gasteiger partial charge in [0.1, 0.15) is 17.1 Å². The maximum Gasteiger partial charge on any atom is 0.261 e. The van der Waals surface area contributed by atoms with Crippen LogP contribution in [-0.2, 0) is 4.79 Å². The molecule has 2 aromatic carbocycles. The van der Waals surface area contributed by atoms with E-state index in [1.165, 1.54) is 0 Å². The van der Waals surface area contributed by atoms with Crippen LogP contribution in [0, 0.1) is 13.8 Å². The molecule has 1 aliphatic heterocycles. The van der Waals surface area contributed by atoms with Crippen molar-refractivity contribution < 1.29 is 14.3 Å². The fraction of sp³-hybridized carbons (Fsp3) is 0.435. The van der Waals surface area contributed by atoms with E-state index < -0.39 is 6.10 Å². The molecule has 28 heavy (non-hydrogen) atoms. The monoisotopic (exact) mass is 401 g/mol. The SMILES string of the molecule is CC[C@H](Oc1ccc(Cl)c(C)c1)C(=O)N[C@@H]1CC(C)(C)Oc2cc(C)ccc21. The summed E-state index contributed by atoms with van der Waals surface area (Å²) in [6.45, 7) is 9.98. The predicted octanol–water partition coefficient (Wildman–Crippen LogP) is 5.53. The number of hydrogen-bond acceptors (Lipinski definition) is 3. The average molecular weight is 402 g/mol. The summed E-state index contributed by atoms with van der Waals surface area (Å²) in [4.78, 5) is 13.0. The van der Waals surface area contributed by atoms with Gasteiger partial charge in [0.05, 0.1) is 6.04 Å². The number of nitrogens with one attached hydrogen (secondary N) is 1. The Balaban J connectivity index is 1.77. The topological polar surface area (TPSA) is 47.6 Å². The molecular formula is C23H28ClNO3. The van der Waals surface area contributed by atoms with Gasteiger partial charge in [-0.3, -0.25) is 4.79 Å². The number of amides is 1. The minimum absolute atomic E-state index is 0.114. The first kappa shape index (κ1) is 20.5. The molecule has 2 aromatic rings. The Morgan fingerprint density at radius 1 is 1.29 bits per heavy atom. The zero-order chi connectivity index (χ0) is 20.5. The Kier molecular flexibility index (Phi) is 5.90. The molecule has 1 heterocycles. The predicted molar refractivity (Wildman–Crippen MR) is 112 cm³/mol. The van der Waals surface area contributed by atoms with E-state index in [0.29, 0.717) is 23.6 Å². The van der Waals surface area contributed by atoms with E-state index in [-0.39, 0.29) is 17.6 Å². The van der Waals surface area contributed by atoms with Crippen LogP contribution in [0.15, 0.2) is 36.4 Å². The zero-order valence-corrected chi connectivity index (χ0v) is 17.9. The Labute approximate surface area is 172 Å². The molecule has 0 fully saturated rings. The highest BCUT2D eigenvalue weighted by molar-refractivity contribution is 6.31. The quantitative estimate of drug-likeness (QED) is 0.716. The fourth-order valence-corrected chi connectivity index (χ4v) is 3.65. The van der Waals surface area contributed by atoms with Gasteiger partial charge in [0.15, 0.2) is 6.10 Å². The van der Waals surface area contributed by atoms with Crippen LogP contribution in [-0.4, -0.2) is 17.6 Å². The summed E-state index contributed by atoms with van der Waals surface area (Å²) in [6, 6.07) is 11.4. The average Bonchev–Trinajstić information content (AvgIpc) is 2.61. The molecule has 0 radical (unpaired) electrons. The van der Waals surface area contributed by atoms with Gasteiger partial charge in [-0.05, 0) is 69.5 Å². The smallest absolute Gasteiger partial charge is 0.261 e. The van der Waals surface area contributed by atoms with Crippen molar-refractivity contribution in [2.75, 3.05) is 0 Å². The second-order valence-corrected chi connectivity index (χ2v) is 8.50. The summed E-state index contributed by atoms with van der Waals surface area (Å²) >= 11 is 6.08. The summed E-state index contributed by atoms with van der Waals surface area (Å²) in [7, 11) is 0. The molecule has 1 N–H and O–H groups in total. The minimum Gasteiger partial charge on any atom is -0.487 e. The van der Waals surface area contributed by atoms with Crippen molar-refractivity contribution in [2.45, 2.75) is 65.2 Å². The van der Waals surface area contributed by atoms with E-state index in [1.807, 2.05) is 58.9 Å². The third kappa shape index (κ3) is 4.61. The number of fused-ring (bicyclic) bond motifs is 1. The van der Waals surface area contributed by atoms with Crippen LogP contribution in [0.4, 0.5) is 0 Å². The molecule has 0 saturated carbocycles. The van der Waals surface area contributed by atoms with Crippen LogP contribution in [0.2, 0.25) is 5.02 Å². The normalized spacial score (nSPS) is 18.6. The standard InChI is InChI=1S/C23H28ClNO3/c1-6-20(27-16-8-10-18(24)15(3)12-16)22(26)25-19-13-23(4,5)28-21-11-14(2)7-9-17(19)21/h7-12,19-20H,6,13H2,1-5H3,(H,25,26)/t19-,20+/m1/s1. The number of ether oxygens (including phenoxy) is 2. The van der Waals surface area contributed by atoms with Gasteiger partial charge in [-0.15, -0.1) is 0 Å². The van der Waals surface area contributed by atoms with Gasteiger partial charge in [0.2, 0.25) is 0 Å². The molecule has 150 valence electrons. The number of benzene rings is 2. The van der Waals surface area contributed by atoms with Crippen molar-refractivity contribution in [1.29, 1.82) is 0 Å². The Hall–Kier alpha value is -2.20. The van der Waals surface area contributed by atoms with Crippen LogP contribution in [0.5, 0.6) is 11.5 Å². The Morgan fingerprint density at radius 2 is 2.04 bits per heavy atom. The van der Waals surface area contributed by atoms with E-state index in [1.54, 1.807) is 12.1 Å². The minimum atomic E-state index is -0.569. The van der Waals surface area contributed by atoms with Gasteiger partial charge < -0.3 is 14.8 Å². The number of carbonyl (C=O) groups excluding carboxylic acids is 1. The summed E-state index contributed by atoms with van der Waals surface area (Å²) in [5.74, 6) is 1.36. The van der Waals surface area contributed by atoms with E-state index in [9.17, 15) is 4.79 Å². The first-order valence-corrected chi connectivity index (χ1v) is 10.1. The lowest BCUT2D eigenvalue weighted by Crippen LogP contribution is -2.45. The summed E-state index contributed by atoms with van der Waals surface area (Å²) in [6.07, 6.45) is 0.701. The first-order chi connectivity index (χ1) is 13.2. The van der Waals surface area contributed by atoms with Crippen molar-refractivity contribution in [3.8, 4) is 11.5 Å². The van der Waals surface area contributed by atoms with Gasteiger partial charge in [0.25, 0.3) is 5.91 Å². The zero-order valence-electron chi connectivity index (χ0n) is 17.1. The molecule has 3 rings (SSSR count). The van der Waals surface area contributed by atoms with E-state index in [4.69, 9.17) is 21.1 Å². The molecule has 0 aromatic heterocycles. The van der Waals surface area contributed by atoms with Crippen molar-refractivity contribution in [1.82, 2.24) is 5.32 Å². The third-order valence-electron chi connectivity index (χ3n) is 5.01. The summed E-state index contributed by atoms with van der Waals surface area (Å²) in [5, 5.41) is 3.86. The maximum atomic E-state index is 13.0. The van der Waals surface area contributed by atoms with Gasteiger partial charge in [-0.1, -0.05) is 30.7 Å². The lowest BCUT2D eigenvalue weighted by Gasteiger charge is -2.38. The number of rotatable bonds is 5. The Bertz CT molecular complexity index is 878. The fourth-order valence-electron chi connectivity index (χ4n) is 3.53. The molecule has 4 nitrogen and oxygen atoms in total. The van der Waals surface area contributed by atoms with E-state index in [2.05, 4.69) is 5.32 Å². The highest BCUT2D eigenvalue weighted by Crippen LogP contribution is 2.40. The molecule has 0 unspecified atom stereocenters. The molecule has 0 aliphatic carbocycles. The van der Waals surface area contributed by atoms with Crippen molar-refractivity contribution >= 4 is 17.5 Å². The highest BCUT2D eigenvalue weighted by Gasteiger charge is 2.35. The summed E-state index contributed by atoms with van der Waals surface area (Å²) < 4.78 is 12.1. The summed E-state index contributed by atoms with van der Waals surface area (Å²) in [5.41, 5.74) is 2.71. The second-order valence-electron chi connectivity index (χ2n) is 8.09. The van der Waals surface area contributed by atoms with Gasteiger partial charge in [0, 0.05) is 17.0 Å². The lowest BCUT2D eigenvalue weighted by atomic mass is 9.89. The van der Waals surface area contributed by atoms with Crippen molar-refractivity contribution in [3.05, 3.63) is 58.1 Å². The highest BCUT2D eigenvalue weighted by atomic mass is 35.5. The van der Waals surface area contributed by atoms with Gasteiger partial charge >= 0.3 is 0 Å². The van der Waals surface area contributed by atoms with Crippen LogP contribution >= 0.6 is 11.6 Å². The molecule has 0 bridgehead atoms. The van der Waals surface area contributed by atoms with Gasteiger partial charge in [-0.25, -0.2) is 0 Å². The van der Waals surface area contributed by atoms with Crippen LogP contribution in [0.1, 0.15) is 56.3 Å². The first-order valence-electron chi connectivity index (χ1n) is 9.71. The van der Waals surface area contributed by atoms with E-state index >= 15 is 0 Å². The van der Waals surface area contributed by atoms with Crippen molar-refractivity contribution in [3.63, 3.8) is 0 Å². The number of aryl methyl sites for hydroxylation is 2. The number of carbonyl (C=O) groups is 1. The van der Waals surface area contributed by atoms with Crippen molar-refractivity contribution in [2.24, 2.45) is 0 Å². The molecule has 5 heteroatoms. The third-order valence-corrected chi connectivity index (χ3v) is 5.44. The molecule has 0 spiro atoms. The van der Waals surface area contributed by atoms with Crippen LogP contribution in [0.3, 0.4) is 0 Å². The molecule has 1 amide bonds. The lowest BCUT2D eigenvalue weighted by molar-refractivity contribution is -0.129. The number of hydrogen-bond donors (Lipinski definition) is 1. The Morgan fingerprint density at radius 3 is 2.71 bits per heavy atom. The van der Waals surface area contributed by atoms with Crippen LogP contribution in [0.25, 0.3) is 0 Å². The van der Waals surface area contributed by atoms with Gasteiger partial charge in [-0.2, -0.15) is 0 Å². The van der Waals surface area contributed by atoms with E-state index in [0.717, 1.165) is 22.4 Å². The molecular weight excluding hydrogens is 374 g/mol. The molecule has 1 aliphatic rings.